The van der Waals surface area contributed by atoms with E-state index in [-0.39, 0.29) is 5.30 Å². The van der Waals surface area contributed by atoms with Crippen LogP contribution in [0.4, 0.5) is 4.79 Å². The van der Waals surface area contributed by atoms with E-state index < -0.39 is 0 Å². The number of hydrogen-bond acceptors (Lipinski definition) is 5. The van der Waals surface area contributed by atoms with Crippen LogP contribution < -0.4 is 5.73 Å². The molecule has 0 aromatic carbocycles. The van der Waals surface area contributed by atoms with Crippen molar-refractivity contribution in [2.45, 2.75) is 12.2 Å². The van der Waals surface area contributed by atoms with Crippen molar-refractivity contribution in [2.24, 2.45) is 5.73 Å². The molecule has 0 radical (unpaired) electrons. The lowest BCUT2D eigenvalue weighted by molar-refractivity contribution is 0.200. The van der Waals surface area contributed by atoms with E-state index >= 15 is 0 Å². The van der Waals surface area contributed by atoms with Gasteiger partial charge in [0, 0.05) is 22.6 Å². The second-order valence-corrected chi connectivity index (χ2v) is 4.25. The normalized spacial score (nSPS) is 12.7. The quantitative estimate of drug-likeness (QED) is 0.528. The molecule has 0 bridgehead atoms. The Labute approximate surface area is 68.5 Å². The van der Waals surface area contributed by atoms with E-state index in [9.17, 15) is 4.79 Å². The standard InChI is InChI=1S/C5H11NO2S2/c1-4(3-6)9-10-5(7)8-2/h4H,3,6H2,1-2H3. The van der Waals surface area contributed by atoms with Crippen LogP contribution in [-0.2, 0) is 4.74 Å². The molecule has 1 unspecified atom stereocenters. The number of nitrogens with two attached hydrogens (primary N) is 1. The maximum atomic E-state index is 10.5. The molecule has 0 aliphatic rings. The van der Waals surface area contributed by atoms with Gasteiger partial charge >= 0.3 is 5.30 Å². The maximum absolute atomic E-state index is 10.5. The molecule has 1 atom stereocenters. The van der Waals surface area contributed by atoms with Crippen LogP contribution >= 0.6 is 21.6 Å². The Morgan fingerprint density at radius 3 is 2.80 bits per heavy atom. The first-order valence-electron chi connectivity index (χ1n) is 2.82. The molecule has 0 fully saturated rings. The van der Waals surface area contributed by atoms with E-state index in [0.29, 0.717) is 11.8 Å². The van der Waals surface area contributed by atoms with Gasteiger partial charge in [-0.3, -0.25) is 0 Å². The molecule has 0 aromatic rings. The molecule has 10 heavy (non-hydrogen) atoms. The molecular weight excluding hydrogens is 170 g/mol. The SMILES string of the molecule is COC(=O)SSC(C)CN. The van der Waals surface area contributed by atoms with Gasteiger partial charge in [0.25, 0.3) is 0 Å². The van der Waals surface area contributed by atoms with Gasteiger partial charge in [-0.2, -0.15) is 0 Å². The molecule has 0 saturated heterocycles. The number of carbonyl (C=O) groups excluding carboxylic acids is 1. The van der Waals surface area contributed by atoms with Gasteiger partial charge < -0.3 is 10.5 Å². The first-order valence-corrected chi connectivity index (χ1v) is 5.03. The minimum atomic E-state index is -0.273. The van der Waals surface area contributed by atoms with E-state index in [1.165, 1.54) is 17.9 Å². The monoisotopic (exact) mass is 181 g/mol. The Balaban J connectivity index is 3.26. The Kier molecular flexibility index (Phi) is 5.96. The smallest absolute Gasteiger partial charge is 0.377 e. The average Bonchev–Trinajstić information content (AvgIpc) is 1.99. The highest BCUT2D eigenvalue weighted by molar-refractivity contribution is 8.82. The summed E-state index contributed by atoms with van der Waals surface area (Å²) in [4.78, 5) is 10.5. The first-order chi connectivity index (χ1) is 4.70. The van der Waals surface area contributed by atoms with Crippen LogP contribution in [0.5, 0.6) is 0 Å². The maximum Gasteiger partial charge on any atom is 0.377 e. The Morgan fingerprint density at radius 1 is 1.80 bits per heavy atom. The van der Waals surface area contributed by atoms with Crippen molar-refractivity contribution in [3.05, 3.63) is 0 Å². The van der Waals surface area contributed by atoms with Crippen molar-refractivity contribution in [3.8, 4) is 0 Å². The fourth-order valence-electron chi connectivity index (χ4n) is 0.195. The number of carbonyl (C=O) groups is 1. The lowest BCUT2D eigenvalue weighted by atomic mass is 10.5. The molecule has 5 heteroatoms. The van der Waals surface area contributed by atoms with Gasteiger partial charge in [-0.05, 0) is 0 Å². The van der Waals surface area contributed by atoms with Crippen LogP contribution in [0.25, 0.3) is 0 Å². The van der Waals surface area contributed by atoms with Crippen molar-refractivity contribution in [1.82, 2.24) is 0 Å². The number of hydrogen-bond donors (Lipinski definition) is 1. The Bertz CT molecular complexity index is 110. The summed E-state index contributed by atoms with van der Waals surface area (Å²) >= 11 is 0. The van der Waals surface area contributed by atoms with Crippen molar-refractivity contribution in [2.75, 3.05) is 13.7 Å². The van der Waals surface area contributed by atoms with E-state index in [1.807, 2.05) is 6.92 Å². The third kappa shape index (κ3) is 4.96. The van der Waals surface area contributed by atoms with Crippen LogP contribution in [0.2, 0.25) is 0 Å². The summed E-state index contributed by atoms with van der Waals surface area (Å²) in [6.07, 6.45) is 0. The van der Waals surface area contributed by atoms with Gasteiger partial charge in [-0.1, -0.05) is 17.7 Å². The van der Waals surface area contributed by atoms with Crippen molar-refractivity contribution in [3.63, 3.8) is 0 Å². The second kappa shape index (κ2) is 5.88. The largest absolute Gasteiger partial charge is 0.460 e. The number of ether oxygens (including phenoxy) is 1. The molecule has 0 amide bonds. The van der Waals surface area contributed by atoms with E-state index in [0.717, 1.165) is 10.8 Å². The minimum Gasteiger partial charge on any atom is -0.460 e. The molecule has 0 aliphatic heterocycles. The first kappa shape index (κ1) is 10.1. The summed E-state index contributed by atoms with van der Waals surface area (Å²) in [6.45, 7) is 2.54. The van der Waals surface area contributed by atoms with Crippen molar-refractivity contribution < 1.29 is 9.53 Å². The minimum absolute atomic E-state index is 0.273. The summed E-state index contributed by atoms with van der Waals surface area (Å²) in [5, 5.41) is 0.0226. The van der Waals surface area contributed by atoms with Crippen LogP contribution in [0.1, 0.15) is 6.92 Å². The van der Waals surface area contributed by atoms with Crippen molar-refractivity contribution in [1.29, 1.82) is 0 Å². The zero-order valence-corrected chi connectivity index (χ0v) is 7.63. The van der Waals surface area contributed by atoms with Crippen LogP contribution in [-0.4, -0.2) is 24.2 Å². The third-order valence-corrected chi connectivity index (χ3v) is 3.38. The summed E-state index contributed by atoms with van der Waals surface area (Å²) in [5.41, 5.74) is 5.31. The van der Waals surface area contributed by atoms with Gasteiger partial charge in [0.05, 0.1) is 7.11 Å². The molecule has 0 heterocycles. The van der Waals surface area contributed by atoms with Gasteiger partial charge in [-0.25, -0.2) is 4.79 Å². The van der Waals surface area contributed by atoms with Gasteiger partial charge in [0.15, 0.2) is 0 Å². The van der Waals surface area contributed by atoms with E-state index in [4.69, 9.17) is 5.73 Å². The molecule has 3 nitrogen and oxygen atoms in total. The summed E-state index contributed by atoms with van der Waals surface area (Å²) in [5.74, 6) is 0. The van der Waals surface area contributed by atoms with Crippen LogP contribution in [0.15, 0.2) is 0 Å². The summed E-state index contributed by atoms with van der Waals surface area (Å²) in [7, 11) is 3.87. The van der Waals surface area contributed by atoms with Crippen LogP contribution in [0, 0.1) is 0 Å². The number of methoxy groups -OCH3 is 1. The Hall–Kier alpha value is 0.130. The molecule has 0 spiro atoms. The molecule has 0 aliphatic carbocycles. The molecule has 0 aromatic heterocycles. The molecule has 2 N–H and O–H groups in total. The zero-order valence-electron chi connectivity index (χ0n) is 5.99. The van der Waals surface area contributed by atoms with E-state index in [2.05, 4.69) is 4.74 Å². The predicted octanol–water partition coefficient (Wildman–Crippen LogP) is 1.48. The molecule has 60 valence electrons. The summed E-state index contributed by atoms with van der Waals surface area (Å²) < 4.78 is 4.41. The fourth-order valence-corrected chi connectivity index (χ4v) is 1.75. The van der Waals surface area contributed by atoms with E-state index in [1.54, 1.807) is 0 Å². The van der Waals surface area contributed by atoms with Crippen LogP contribution in [0.3, 0.4) is 0 Å². The highest BCUT2D eigenvalue weighted by Crippen LogP contribution is 2.27. The lowest BCUT2D eigenvalue weighted by Gasteiger charge is -2.03. The lowest BCUT2D eigenvalue weighted by Crippen LogP contribution is -2.11. The van der Waals surface area contributed by atoms with Gasteiger partial charge in [-0.15, -0.1) is 0 Å². The highest BCUT2D eigenvalue weighted by atomic mass is 33.1. The Morgan fingerprint density at radius 2 is 2.40 bits per heavy atom. The molecule has 0 saturated carbocycles. The second-order valence-electron chi connectivity index (χ2n) is 1.68. The number of rotatable bonds is 3. The zero-order chi connectivity index (χ0) is 7.98. The third-order valence-electron chi connectivity index (χ3n) is 0.779. The van der Waals surface area contributed by atoms with Gasteiger partial charge in [0.2, 0.25) is 0 Å². The topological polar surface area (TPSA) is 52.3 Å². The average molecular weight is 181 g/mol. The fraction of sp³-hybridized carbons (Fsp3) is 0.800. The summed E-state index contributed by atoms with van der Waals surface area (Å²) in [6, 6.07) is 0. The predicted molar refractivity (Wildman–Crippen MR) is 46.1 cm³/mol. The molecule has 0 rings (SSSR count). The van der Waals surface area contributed by atoms with Gasteiger partial charge in [0.1, 0.15) is 0 Å². The highest BCUT2D eigenvalue weighted by Gasteiger charge is 2.05. The molecular formula is C5H11NO2S2. The van der Waals surface area contributed by atoms with Crippen molar-refractivity contribution >= 4 is 26.9 Å².